The van der Waals surface area contributed by atoms with Crippen molar-refractivity contribution in [2.75, 3.05) is 0 Å². The second-order valence-electron chi connectivity index (χ2n) is 17.4. The first-order chi connectivity index (χ1) is 33.3. The Morgan fingerprint density at radius 3 is 1.25 bits per heavy atom. The molecule has 2 heterocycles. The van der Waals surface area contributed by atoms with Crippen molar-refractivity contribution in [3.63, 3.8) is 0 Å². The average Bonchev–Trinajstić information content (AvgIpc) is 3.92. The predicted octanol–water partition coefficient (Wildman–Crippen LogP) is 13.9. The van der Waals surface area contributed by atoms with Crippen LogP contribution in [-0.4, -0.2) is 17.2 Å². The van der Waals surface area contributed by atoms with E-state index in [-0.39, 0.29) is 0 Å². The van der Waals surface area contributed by atoms with Gasteiger partial charge in [-0.05, 0) is 96.8 Å². The van der Waals surface area contributed by atoms with Crippen LogP contribution < -0.4 is 15.6 Å². The van der Waals surface area contributed by atoms with Gasteiger partial charge in [-0.15, -0.1) is 5.54 Å². The third-order valence-electron chi connectivity index (χ3n) is 13.8. The quantitative estimate of drug-likeness (QED) is 0.0682. The van der Waals surface area contributed by atoms with Gasteiger partial charge in [-0.3, -0.25) is 0 Å². The summed E-state index contributed by atoms with van der Waals surface area (Å²) in [5.74, 6) is 4.04. The van der Waals surface area contributed by atoms with Gasteiger partial charge in [0.25, 0.3) is 0 Å². The van der Waals surface area contributed by atoms with Crippen LogP contribution >= 0.6 is 0 Å². The summed E-state index contributed by atoms with van der Waals surface area (Å²) in [4.78, 5) is 0. The molecule has 67 heavy (non-hydrogen) atoms. The van der Waals surface area contributed by atoms with Crippen LogP contribution in [0.3, 0.4) is 0 Å². The molecule has 0 atom stereocenters. The van der Waals surface area contributed by atoms with Crippen LogP contribution in [0.1, 0.15) is 5.56 Å². The van der Waals surface area contributed by atoms with E-state index in [2.05, 4.69) is 275 Å². The Bertz CT molecular complexity index is 3950. The third kappa shape index (κ3) is 6.12. The lowest BCUT2D eigenvalue weighted by Gasteiger charge is -2.28. The van der Waals surface area contributed by atoms with Gasteiger partial charge in [-0.2, -0.15) is 0 Å². The molecule has 11 aromatic carbocycles. The van der Waals surface area contributed by atoms with E-state index >= 15 is 0 Å². The number of hydrogen-bond acceptors (Lipinski definition) is 0. The molecule has 0 unspecified atom stereocenters. The maximum absolute atomic E-state index is 4.23. The fourth-order valence-electron chi connectivity index (χ4n) is 10.9. The van der Waals surface area contributed by atoms with Crippen LogP contribution in [0.4, 0.5) is 0 Å². The molecule has 0 aliphatic rings. The van der Waals surface area contributed by atoms with E-state index in [9.17, 15) is 0 Å². The molecule has 0 fully saturated rings. The van der Waals surface area contributed by atoms with Gasteiger partial charge in [0.05, 0.1) is 22.1 Å². The molecule has 312 valence electrons. The zero-order valence-electron chi connectivity index (χ0n) is 36.6. The SMILES string of the molecule is C(#C[Si](c1ccccc1)(c1ccccc1)c1ccc2c(c1)c1ccccc1n2-c1ccccc1)c1c2ccccc2c(-c2cccc(-n3c4ccccc4c4ccccc43)c2)c2ccccc12. The molecule has 13 rings (SSSR count). The fourth-order valence-corrected chi connectivity index (χ4v) is 14.7. The largest absolute Gasteiger partial charge is 0.309 e. The van der Waals surface area contributed by atoms with Crippen LogP contribution in [0.5, 0.6) is 0 Å². The van der Waals surface area contributed by atoms with Crippen LogP contribution in [0.2, 0.25) is 0 Å². The first kappa shape index (κ1) is 38.7. The normalized spacial score (nSPS) is 11.8. The highest BCUT2D eigenvalue weighted by molar-refractivity contribution is 7.17. The molecule has 0 bridgehead atoms. The van der Waals surface area contributed by atoms with Crippen molar-refractivity contribution < 1.29 is 0 Å². The van der Waals surface area contributed by atoms with E-state index in [1.165, 1.54) is 81.1 Å². The maximum atomic E-state index is 4.23. The van der Waals surface area contributed by atoms with Crippen molar-refractivity contribution in [3.05, 3.63) is 260 Å². The molecule has 0 saturated carbocycles. The van der Waals surface area contributed by atoms with E-state index in [0.717, 1.165) is 27.7 Å². The lowest BCUT2D eigenvalue weighted by molar-refractivity contribution is 1.18. The van der Waals surface area contributed by atoms with E-state index in [4.69, 9.17) is 0 Å². The van der Waals surface area contributed by atoms with Gasteiger partial charge >= 0.3 is 0 Å². The number of nitrogens with zero attached hydrogens (tertiary/aromatic N) is 2. The highest BCUT2D eigenvalue weighted by atomic mass is 28.3. The Hall–Kier alpha value is -8.68. The van der Waals surface area contributed by atoms with Crippen molar-refractivity contribution in [2.24, 2.45) is 0 Å². The van der Waals surface area contributed by atoms with Gasteiger partial charge in [-0.25, -0.2) is 0 Å². The highest BCUT2D eigenvalue weighted by Gasteiger charge is 2.39. The Labute approximate surface area is 390 Å². The van der Waals surface area contributed by atoms with E-state index < -0.39 is 8.07 Å². The molecule has 0 N–H and O–H groups in total. The third-order valence-corrected chi connectivity index (χ3v) is 17.9. The predicted molar refractivity (Wildman–Crippen MR) is 286 cm³/mol. The monoisotopic (exact) mass is 866 g/mol. The lowest BCUT2D eigenvalue weighted by atomic mass is 9.88. The standard InChI is InChI=1S/C64H42N2Si/c1-4-22-46(23-5-1)65-62-38-19-16-33-56(62)59-44-50(39-40-63(59)65)67(48-25-6-2-7-26-48,49-27-8-3-9-28-49)42-41-53-51-29-10-12-34-57(51)64(58-35-13-11-30-52(53)58)45-21-20-24-47(43-45)66-60-36-17-14-31-54(60)55-32-15-18-37-61(55)66/h1-40,43-44H. The van der Waals surface area contributed by atoms with Crippen LogP contribution in [-0.2, 0) is 0 Å². The summed E-state index contributed by atoms with van der Waals surface area (Å²) in [6, 6.07) is 93.1. The van der Waals surface area contributed by atoms with Gasteiger partial charge in [0.1, 0.15) is 0 Å². The minimum Gasteiger partial charge on any atom is -0.309 e. The van der Waals surface area contributed by atoms with Crippen LogP contribution in [0, 0.1) is 11.5 Å². The fraction of sp³-hybridized carbons (Fsp3) is 0. The Morgan fingerprint density at radius 2 is 0.701 bits per heavy atom. The van der Waals surface area contributed by atoms with Crippen LogP contribution in [0.15, 0.2) is 255 Å². The molecule has 2 nitrogen and oxygen atoms in total. The zero-order chi connectivity index (χ0) is 44.3. The summed E-state index contributed by atoms with van der Waals surface area (Å²) >= 11 is 0. The smallest absolute Gasteiger partial charge is 0.230 e. The summed E-state index contributed by atoms with van der Waals surface area (Å²) in [5.41, 5.74) is 14.7. The maximum Gasteiger partial charge on any atom is 0.230 e. The summed E-state index contributed by atoms with van der Waals surface area (Å²) < 4.78 is 4.80. The number of para-hydroxylation sites is 4. The van der Waals surface area contributed by atoms with E-state index in [1.807, 2.05) is 0 Å². The highest BCUT2D eigenvalue weighted by Crippen LogP contribution is 2.41. The lowest BCUT2D eigenvalue weighted by Crippen LogP contribution is -2.66. The van der Waals surface area contributed by atoms with Crippen molar-refractivity contribution in [2.45, 2.75) is 0 Å². The number of rotatable bonds is 6. The second-order valence-corrected chi connectivity index (χ2v) is 20.9. The summed E-state index contributed by atoms with van der Waals surface area (Å²) in [7, 11) is -3.09. The molecule has 2 aromatic heterocycles. The Balaban J connectivity index is 1.06. The molecule has 0 spiro atoms. The molecular weight excluding hydrogens is 825 g/mol. The molecule has 0 saturated heterocycles. The molecule has 3 heteroatoms. The second kappa shape index (κ2) is 15.8. The molecule has 0 amide bonds. The molecule has 13 aromatic rings. The average molecular weight is 867 g/mol. The van der Waals surface area contributed by atoms with Gasteiger partial charge in [-0.1, -0.05) is 212 Å². The van der Waals surface area contributed by atoms with E-state index in [1.54, 1.807) is 0 Å². The van der Waals surface area contributed by atoms with Crippen molar-refractivity contribution in [3.8, 4) is 34.0 Å². The topological polar surface area (TPSA) is 9.86 Å². The zero-order valence-corrected chi connectivity index (χ0v) is 37.6. The minimum atomic E-state index is -3.09. The first-order valence-electron chi connectivity index (χ1n) is 23.0. The number of aromatic nitrogens is 2. The number of hydrogen-bond donors (Lipinski definition) is 0. The van der Waals surface area contributed by atoms with Crippen molar-refractivity contribution >= 4 is 88.8 Å². The minimum absolute atomic E-state index is 1.05. The molecule has 0 aliphatic heterocycles. The summed E-state index contributed by atoms with van der Waals surface area (Å²) in [5, 5.41) is 13.4. The number of fused-ring (bicyclic) bond motifs is 8. The van der Waals surface area contributed by atoms with Crippen molar-refractivity contribution in [1.82, 2.24) is 9.13 Å². The van der Waals surface area contributed by atoms with Gasteiger partial charge in [0.2, 0.25) is 8.07 Å². The Kier molecular flexibility index (Phi) is 9.13. The molecule has 0 radical (unpaired) electrons. The number of benzene rings is 11. The molecule has 0 aliphatic carbocycles. The van der Waals surface area contributed by atoms with Gasteiger partial charge in [0.15, 0.2) is 0 Å². The molecular formula is C64H42N2Si. The van der Waals surface area contributed by atoms with Gasteiger partial charge < -0.3 is 9.13 Å². The van der Waals surface area contributed by atoms with Crippen molar-refractivity contribution in [1.29, 1.82) is 0 Å². The summed E-state index contributed by atoms with van der Waals surface area (Å²) in [6.07, 6.45) is 0. The van der Waals surface area contributed by atoms with Crippen LogP contribution in [0.25, 0.3) is 87.7 Å². The van der Waals surface area contributed by atoms with E-state index in [0.29, 0.717) is 0 Å². The first-order valence-corrected chi connectivity index (χ1v) is 25.0. The Morgan fingerprint density at radius 1 is 0.284 bits per heavy atom. The summed E-state index contributed by atoms with van der Waals surface area (Å²) in [6.45, 7) is 0. The van der Waals surface area contributed by atoms with Gasteiger partial charge in [0, 0.05) is 38.5 Å².